The SMILES string of the molecule is C=C(C)CN1C(SCCCCCCCC)=NC2C1C(=O)NC(=O)N2C. The van der Waals surface area contributed by atoms with E-state index < -0.39 is 12.2 Å². The fourth-order valence-corrected chi connectivity index (χ4v) is 4.18. The molecule has 2 heterocycles. The van der Waals surface area contributed by atoms with Gasteiger partial charge in [-0.3, -0.25) is 10.1 Å². The summed E-state index contributed by atoms with van der Waals surface area (Å²) >= 11 is 1.69. The molecule has 0 radical (unpaired) electrons. The van der Waals surface area contributed by atoms with Crippen LogP contribution in [0.5, 0.6) is 0 Å². The summed E-state index contributed by atoms with van der Waals surface area (Å²) in [5, 5.41) is 3.26. The third-order valence-corrected chi connectivity index (χ3v) is 5.58. The first-order chi connectivity index (χ1) is 12.0. The van der Waals surface area contributed by atoms with Gasteiger partial charge in [-0.1, -0.05) is 62.9 Å². The fraction of sp³-hybridized carbons (Fsp3) is 0.722. The van der Waals surface area contributed by atoms with Crippen molar-refractivity contribution in [3.63, 3.8) is 0 Å². The number of rotatable bonds is 9. The minimum Gasteiger partial charge on any atom is -0.332 e. The van der Waals surface area contributed by atoms with Gasteiger partial charge < -0.3 is 9.80 Å². The number of nitrogens with zero attached hydrogens (tertiary/aromatic N) is 3. The molecule has 0 spiro atoms. The molecule has 7 heteroatoms. The lowest BCUT2D eigenvalue weighted by Crippen LogP contribution is -2.63. The summed E-state index contributed by atoms with van der Waals surface area (Å²) in [5.41, 5.74) is 0.973. The molecular formula is C18H30N4O2S. The van der Waals surface area contributed by atoms with Crippen molar-refractivity contribution in [1.29, 1.82) is 0 Å². The van der Waals surface area contributed by atoms with Crippen molar-refractivity contribution in [3.05, 3.63) is 12.2 Å². The van der Waals surface area contributed by atoms with Crippen molar-refractivity contribution in [1.82, 2.24) is 15.1 Å². The van der Waals surface area contributed by atoms with Gasteiger partial charge >= 0.3 is 6.03 Å². The van der Waals surface area contributed by atoms with Crippen molar-refractivity contribution >= 4 is 28.9 Å². The van der Waals surface area contributed by atoms with Crippen molar-refractivity contribution in [2.24, 2.45) is 4.99 Å². The summed E-state index contributed by atoms with van der Waals surface area (Å²) in [6.45, 7) is 8.72. The first-order valence-corrected chi connectivity index (χ1v) is 10.1. The molecule has 2 atom stereocenters. The molecular weight excluding hydrogens is 336 g/mol. The molecule has 2 unspecified atom stereocenters. The average Bonchev–Trinajstić information content (AvgIpc) is 2.90. The van der Waals surface area contributed by atoms with Gasteiger partial charge in [-0.05, 0) is 13.3 Å². The van der Waals surface area contributed by atoms with Gasteiger partial charge in [0.2, 0.25) is 0 Å². The fourth-order valence-electron chi connectivity index (χ4n) is 3.12. The minimum atomic E-state index is -0.452. The molecule has 0 aliphatic carbocycles. The second-order valence-corrected chi connectivity index (χ2v) is 7.94. The molecule has 25 heavy (non-hydrogen) atoms. The van der Waals surface area contributed by atoms with Crippen molar-refractivity contribution in [2.75, 3.05) is 19.3 Å². The molecule has 0 aromatic rings. The van der Waals surface area contributed by atoms with Crippen LogP contribution in [0.15, 0.2) is 17.1 Å². The Labute approximate surface area is 155 Å². The van der Waals surface area contributed by atoms with E-state index in [0.717, 1.165) is 22.9 Å². The van der Waals surface area contributed by atoms with Crippen LogP contribution >= 0.6 is 11.8 Å². The Hall–Kier alpha value is -1.50. The lowest BCUT2D eigenvalue weighted by molar-refractivity contribution is -0.126. The highest BCUT2D eigenvalue weighted by Gasteiger charge is 2.48. The number of amides is 3. The van der Waals surface area contributed by atoms with Crippen LogP contribution in [0.4, 0.5) is 4.79 Å². The van der Waals surface area contributed by atoms with Crippen LogP contribution in [-0.2, 0) is 4.79 Å². The highest BCUT2D eigenvalue weighted by molar-refractivity contribution is 8.13. The predicted octanol–water partition coefficient (Wildman–Crippen LogP) is 3.20. The van der Waals surface area contributed by atoms with Gasteiger partial charge in [0.25, 0.3) is 5.91 Å². The normalized spacial score (nSPS) is 22.8. The van der Waals surface area contributed by atoms with Crippen LogP contribution in [0.3, 0.4) is 0 Å². The number of amidine groups is 1. The van der Waals surface area contributed by atoms with Gasteiger partial charge in [0.05, 0.1) is 0 Å². The number of imide groups is 1. The van der Waals surface area contributed by atoms with E-state index in [2.05, 4.69) is 23.8 Å². The lowest BCUT2D eigenvalue weighted by atomic mass is 10.1. The third kappa shape index (κ3) is 5.00. The number of hydrogen-bond donors (Lipinski definition) is 1. The predicted molar refractivity (Wildman–Crippen MR) is 104 cm³/mol. The first-order valence-electron chi connectivity index (χ1n) is 9.15. The molecule has 3 amide bonds. The number of fused-ring (bicyclic) bond motifs is 1. The standard InChI is InChI=1S/C18H30N4O2S/c1-5-6-7-8-9-10-11-25-18-19-15-14(22(18)12-13(2)3)16(23)20-17(24)21(15)4/h14-15H,2,5-12H2,1,3-4H3,(H,20,23,24). The smallest absolute Gasteiger partial charge is 0.325 e. The summed E-state index contributed by atoms with van der Waals surface area (Å²) in [6, 6.07) is -0.834. The van der Waals surface area contributed by atoms with E-state index in [1.807, 2.05) is 11.8 Å². The summed E-state index contributed by atoms with van der Waals surface area (Å²) in [6.07, 6.45) is 7.09. The number of unbranched alkanes of at least 4 members (excludes halogenated alkanes) is 5. The Morgan fingerprint density at radius 3 is 2.60 bits per heavy atom. The van der Waals surface area contributed by atoms with Gasteiger partial charge in [0.1, 0.15) is 0 Å². The largest absolute Gasteiger partial charge is 0.332 e. The number of carbonyl (C=O) groups is 2. The number of urea groups is 1. The van der Waals surface area contributed by atoms with E-state index in [-0.39, 0.29) is 11.9 Å². The zero-order valence-electron chi connectivity index (χ0n) is 15.6. The van der Waals surface area contributed by atoms with E-state index >= 15 is 0 Å². The van der Waals surface area contributed by atoms with E-state index in [1.165, 1.54) is 37.0 Å². The zero-order valence-corrected chi connectivity index (χ0v) is 16.4. The molecule has 0 aromatic heterocycles. The molecule has 2 aliphatic rings. The second kappa shape index (κ2) is 9.27. The Kier molecular flexibility index (Phi) is 7.35. The molecule has 0 bridgehead atoms. The third-order valence-electron chi connectivity index (χ3n) is 4.49. The van der Waals surface area contributed by atoms with Crippen molar-refractivity contribution in [3.8, 4) is 0 Å². The lowest BCUT2D eigenvalue weighted by Gasteiger charge is -2.36. The van der Waals surface area contributed by atoms with Crippen molar-refractivity contribution in [2.45, 2.75) is 64.6 Å². The maximum atomic E-state index is 12.3. The second-order valence-electron chi connectivity index (χ2n) is 6.88. The monoisotopic (exact) mass is 366 g/mol. The Morgan fingerprint density at radius 2 is 1.92 bits per heavy atom. The molecule has 2 rings (SSSR count). The maximum absolute atomic E-state index is 12.3. The van der Waals surface area contributed by atoms with Gasteiger partial charge in [-0.15, -0.1) is 0 Å². The van der Waals surface area contributed by atoms with Crippen LogP contribution in [0.2, 0.25) is 0 Å². The quantitative estimate of drug-likeness (QED) is 0.503. The highest BCUT2D eigenvalue weighted by Crippen LogP contribution is 2.29. The van der Waals surface area contributed by atoms with Gasteiger partial charge in [-0.2, -0.15) is 0 Å². The zero-order chi connectivity index (χ0) is 18.4. The molecule has 1 saturated heterocycles. The van der Waals surface area contributed by atoms with E-state index in [1.54, 1.807) is 18.8 Å². The summed E-state index contributed by atoms with van der Waals surface area (Å²) in [5.74, 6) is 0.712. The number of nitrogens with one attached hydrogen (secondary N) is 1. The summed E-state index contributed by atoms with van der Waals surface area (Å²) in [7, 11) is 1.68. The topological polar surface area (TPSA) is 65.0 Å². The minimum absolute atomic E-state index is 0.270. The molecule has 2 aliphatic heterocycles. The van der Waals surface area contributed by atoms with Gasteiger partial charge in [-0.25, -0.2) is 9.79 Å². The molecule has 6 nitrogen and oxygen atoms in total. The molecule has 1 fully saturated rings. The molecule has 140 valence electrons. The number of hydrogen-bond acceptors (Lipinski definition) is 5. The van der Waals surface area contributed by atoms with E-state index in [9.17, 15) is 9.59 Å². The van der Waals surface area contributed by atoms with Crippen LogP contribution < -0.4 is 5.32 Å². The average molecular weight is 367 g/mol. The van der Waals surface area contributed by atoms with Crippen molar-refractivity contribution < 1.29 is 9.59 Å². The van der Waals surface area contributed by atoms with Crippen LogP contribution in [0, 0.1) is 0 Å². The number of likely N-dealkylation sites (N-methyl/N-ethyl adjacent to an activating group) is 1. The highest BCUT2D eigenvalue weighted by atomic mass is 32.2. The Morgan fingerprint density at radius 1 is 1.24 bits per heavy atom. The Bertz CT molecular complexity index is 549. The summed E-state index contributed by atoms with van der Waals surface area (Å²) < 4.78 is 0. The maximum Gasteiger partial charge on any atom is 0.325 e. The van der Waals surface area contributed by atoms with Gasteiger partial charge in [0, 0.05) is 19.3 Å². The summed E-state index contributed by atoms with van der Waals surface area (Å²) in [4.78, 5) is 32.4. The number of aliphatic imine (C=N–C) groups is 1. The number of thioether (sulfide) groups is 1. The molecule has 0 aromatic carbocycles. The molecule has 0 saturated carbocycles. The Balaban J connectivity index is 1.95. The van der Waals surface area contributed by atoms with E-state index in [4.69, 9.17) is 0 Å². The molecule has 1 N–H and O–H groups in total. The van der Waals surface area contributed by atoms with Crippen LogP contribution in [-0.4, -0.2) is 58.5 Å². The van der Waals surface area contributed by atoms with Crippen LogP contribution in [0.1, 0.15) is 52.4 Å². The number of carbonyl (C=O) groups excluding carboxylic acids is 2. The first kappa shape index (κ1) is 19.8. The van der Waals surface area contributed by atoms with Crippen LogP contribution in [0.25, 0.3) is 0 Å². The van der Waals surface area contributed by atoms with Gasteiger partial charge in [0.15, 0.2) is 17.4 Å². The van der Waals surface area contributed by atoms with E-state index in [0.29, 0.717) is 6.54 Å².